The van der Waals surface area contributed by atoms with Gasteiger partial charge in [-0.2, -0.15) is 0 Å². The van der Waals surface area contributed by atoms with E-state index in [1.165, 1.54) is 25.7 Å². The standard InChI is InChI=1S/C15H32N2O2/c1-4-5-13-6-7-14(16)15(12-13)17(8-10-18-2)9-11-19-3/h13-15H,4-12,16H2,1-3H3. The minimum atomic E-state index is 0.307. The zero-order valence-electron chi connectivity index (χ0n) is 12.9. The summed E-state index contributed by atoms with van der Waals surface area (Å²) >= 11 is 0. The smallest absolute Gasteiger partial charge is 0.0589 e. The molecule has 3 unspecified atom stereocenters. The summed E-state index contributed by atoms with van der Waals surface area (Å²) in [5.41, 5.74) is 6.36. The average molecular weight is 272 g/mol. The quantitative estimate of drug-likeness (QED) is 0.696. The minimum absolute atomic E-state index is 0.307. The Labute approximate surface area is 118 Å². The Hall–Kier alpha value is -0.160. The van der Waals surface area contributed by atoms with Gasteiger partial charge >= 0.3 is 0 Å². The summed E-state index contributed by atoms with van der Waals surface area (Å²) in [6.45, 7) is 5.72. The van der Waals surface area contributed by atoms with Crippen LogP contribution in [0.15, 0.2) is 0 Å². The largest absolute Gasteiger partial charge is 0.383 e. The molecule has 1 rings (SSSR count). The van der Waals surface area contributed by atoms with Crippen molar-refractivity contribution in [2.24, 2.45) is 11.7 Å². The van der Waals surface area contributed by atoms with Crippen LogP contribution in [-0.4, -0.2) is 57.5 Å². The molecular formula is C15H32N2O2. The highest BCUT2D eigenvalue weighted by Gasteiger charge is 2.31. The molecule has 4 heteroatoms. The molecule has 0 heterocycles. The van der Waals surface area contributed by atoms with Gasteiger partial charge < -0.3 is 15.2 Å². The molecule has 4 nitrogen and oxygen atoms in total. The zero-order valence-corrected chi connectivity index (χ0v) is 12.9. The Balaban J connectivity index is 2.56. The highest BCUT2D eigenvalue weighted by atomic mass is 16.5. The van der Waals surface area contributed by atoms with E-state index in [9.17, 15) is 0 Å². The molecule has 0 saturated heterocycles. The van der Waals surface area contributed by atoms with Crippen molar-refractivity contribution in [1.29, 1.82) is 0 Å². The molecule has 2 N–H and O–H groups in total. The van der Waals surface area contributed by atoms with Crippen LogP contribution < -0.4 is 5.73 Å². The number of nitrogens with two attached hydrogens (primary N) is 1. The molecular weight excluding hydrogens is 240 g/mol. The second kappa shape index (κ2) is 9.70. The third-order valence-electron chi connectivity index (χ3n) is 4.31. The second-order valence-corrected chi connectivity index (χ2v) is 5.72. The molecule has 0 aliphatic heterocycles. The van der Waals surface area contributed by atoms with Gasteiger partial charge in [-0.25, -0.2) is 0 Å². The maximum atomic E-state index is 6.36. The van der Waals surface area contributed by atoms with Crippen molar-refractivity contribution in [3.8, 4) is 0 Å². The molecule has 114 valence electrons. The first-order valence-electron chi connectivity index (χ1n) is 7.70. The van der Waals surface area contributed by atoms with Crippen LogP contribution in [-0.2, 0) is 9.47 Å². The van der Waals surface area contributed by atoms with E-state index in [0.717, 1.165) is 38.6 Å². The van der Waals surface area contributed by atoms with E-state index in [1.54, 1.807) is 14.2 Å². The number of ether oxygens (including phenoxy) is 2. The van der Waals surface area contributed by atoms with Crippen LogP contribution in [0.5, 0.6) is 0 Å². The maximum Gasteiger partial charge on any atom is 0.0589 e. The normalized spacial score (nSPS) is 27.9. The first kappa shape index (κ1) is 16.9. The van der Waals surface area contributed by atoms with E-state index in [4.69, 9.17) is 15.2 Å². The van der Waals surface area contributed by atoms with Crippen LogP contribution in [0.2, 0.25) is 0 Å². The summed E-state index contributed by atoms with van der Waals surface area (Å²) < 4.78 is 10.5. The predicted molar refractivity (Wildman–Crippen MR) is 79.3 cm³/mol. The SMILES string of the molecule is CCCC1CCC(N)C(N(CCOC)CCOC)C1. The molecule has 1 saturated carbocycles. The highest BCUT2D eigenvalue weighted by molar-refractivity contribution is 4.89. The number of hydrogen-bond donors (Lipinski definition) is 1. The van der Waals surface area contributed by atoms with Gasteiger partial charge in [0.15, 0.2) is 0 Å². The second-order valence-electron chi connectivity index (χ2n) is 5.72. The van der Waals surface area contributed by atoms with Gasteiger partial charge in [0.1, 0.15) is 0 Å². The fraction of sp³-hybridized carbons (Fsp3) is 1.00. The summed E-state index contributed by atoms with van der Waals surface area (Å²) in [4.78, 5) is 2.47. The molecule has 0 bridgehead atoms. The van der Waals surface area contributed by atoms with Crippen LogP contribution in [0, 0.1) is 5.92 Å². The molecule has 3 atom stereocenters. The molecule has 0 amide bonds. The third-order valence-corrected chi connectivity index (χ3v) is 4.31. The molecule has 1 fully saturated rings. The van der Waals surface area contributed by atoms with Gasteiger partial charge in [0.05, 0.1) is 13.2 Å². The van der Waals surface area contributed by atoms with E-state index in [1.807, 2.05) is 0 Å². The van der Waals surface area contributed by atoms with Gasteiger partial charge in [-0.05, 0) is 25.2 Å². The average Bonchev–Trinajstić information content (AvgIpc) is 2.42. The van der Waals surface area contributed by atoms with Crippen molar-refractivity contribution in [2.75, 3.05) is 40.5 Å². The molecule has 1 aliphatic carbocycles. The lowest BCUT2D eigenvalue weighted by Crippen LogP contribution is -2.53. The van der Waals surface area contributed by atoms with Crippen LogP contribution in [0.4, 0.5) is 0 Å². The van der Waals surface area contributed by atoms with E-state index in [-0.39, 0.29) is 0 Å². The summed E-state index contributed by atoms with van der Waals surface area (Å²) in [6, 6.07) is 0.803. The first-order chi connectivity index (χ1) is 9.22. The van der Waals surface area contributed by atoms with Crippen LogP contribution >= 0.6 is 0 Å². The Kier molecular flexibility index (Phi) is 8.62. The van der Waals surface area contributed by atoms with E-state index in [0.29, 0.717) is 12.1 Å². The van der Waals surface area contributed by atoms with Gasteiger partial charge in [-0.3, -0.25) is 4.90 Å². The van der Waals surface area contributed by atoms with E-state index < -0.39 is 0 Å². The molecule has 19 heavy (non-hydrogen) atoms. The van der Waals surface area contributed by atoms with E-state index >= 15 is 0 Å². The van der Waals surface area contributed by atoms with Crippen molar-refractivity contribution in [3.63, 3.8) is 0 Å². The number of nitrogens with zero attached hydrogens (tertiary/aromatic N) is 1. The van der Waals surface area contributed by atoms with Crippen molar-refractivity contribution in [1.82, 2.24) is 4.90 Å². The van der Waals surface area contributed by atoms with Gasteiger partial charge in [-0.15, -0.1) is 0 Å². The number of methoxy groups -OCH3 is 2. The summed E-state index contributed by atoms with van der Waals surface area (Å²) in [7, 11) is 3.52. The number of rotatable bonds is 9. The monoisotopic (exact) mass is 272 g/mol. The van der Waals surface area contributed by atoms with Crippen LogP contribution in [0.25, 0.3) is 0 Å². The Morgan fingerprint density at radius 2 is 1.74 bits per heavy atom. The fourth-order valence-corrected chi connectivity index (χ4v) is 3.21. The maximum absolute atomic E-state index is 6.36. The molecule has 0 aromatic heterocycles. The van der Waals surface area contributed by atoms with Gasteiger partial charge in [0.2, 0.25) is 0 Å². The Morgan fingerprint density at radius 3 is 2.26 bits per heavy atom. The fourth-order valence-electron chi connectivity index (χ4n) is 3.21. The lowest BCUT2D eigenvalue weighted by molar-refractivity contribution is 0.0537. The molecule has 1 aliphatic rings. The highest BCUT2D eigenvalue weighted by Crippen LogP contribution is 2.30. The lowest BCUT2D eigenvalue weighted by Gasteiger charge is -2.41. The van der Waals surface area contributed by atoms with Crippen molar-refractivity contribution >= 4 is 0 Å². The predicted octanol–water partition coefficient (Wildman–Crippen LogP) is 1.88. The molecule has 0 radical (unpaired) electrons. The van der Waals surface area contributed by atoms with Crippen molar-refractivity contribution in [2.45, 2.75) is 51.1 Å². The topological polar surface area (TPSA) is 47.7 Å². The lowest BCUT2D eigenvalue weighted by atomic mass is 9.80. The van der Waals surface area contributed by atoms with Crippen LogP contribution in [0.3, 0.4) is 0 Å². The van der Waals surface area contributed by atoms with Gasteiger partial charge in [-0.1, -0.05) is 19.8 Å². The van der Waals surface area contributed by atoms with E-state index in [2.05, 4.69) is 11.8 Å². The molecule has 0 aromatic carbocycles. The van der Waals surface area contributed by atoms with Crippen molar-refractivity contribution in [3.05, 3.63) is 0 Å². The van der Waals surface area contributed by atoms with Gasteiger partial charge in [0, 0.05) is 39.4 Å². The zero-order chi connectivity index (χ0) is 14.1. The molecule has 0 aromatic rings. The minimum Gasteiger partial charge on any atom is -0.383 e. The van der Waals surface area contributed by atoms with Gasteiger partial charge in [0.25, 0.3) is 0 Å². The summed E-state index contributed by atoms with van der Waals surface area (Å²) in [6.07, 6.45) is 6.32. The first-order valence-corrected chi connectivity index (χ1v) is 7.70. The summed E-state index contributed by atoms with van der Waals surface area (Å²) in [5.74, 6) is 0.849. The number of hydrogen-bond acceptors (Lipinski definition) is 4. The summed E-state index contributed by atoms with van der Waals surface area (Å²) in [5, 5.41) is 0. The Morgan fingerprint density at radius 1 is 1.11 bits per heavy atom. The third kappa shape index (κ3) is 5.78. The molecule has 0 spiro atoms. The van der Waals surface area contributed by atoms with Crippen molar-refractivity contribution < 1.29 is 9.47 Å². The Bertz CT molecular complexity index is 218. The van der Waals surface area contributed by atoms with Crippen LogP contribution in [0.1, 0.15) is 39.0 Å².